The fourth-order valence-electron chi connectivity index (χ4n) is 1.25. The van der Waals surface area contributed by atoms with Gasteiger partial charge in [0.1, 0.15) is 0 Å². The van der Waals surface area contributed by atoms with E-state index in [9.17, 15) is 4.79 Å². The van der Waals surface area contributed by atoms with Crippen LogP contribution in [0.3, 0.4) is 0 Å². The van der Waals surface area contributed by atoms with Gasteiger partial charge in [-0.1, -0.05) is 12.1 Å². The van der Waals surface area contributed by atoms with Crippen molar-refractivity contribution in [2.45, 2.75) is 13.0 Å². The normalized spacial score (nSPS) is 9.50. The van der Waals surface area contributed by atoms with Gasteiger partial charge in [-0.15, -0.1) is 0 Å². The third-order valence-electron chi connectivity index (χ3n) is 2.12. The highest BCUT2D eigenvalue weighted by Crippen LogP contribution is 2.05. The number of carbonyl (C=O) groups excluding carboxylic acids is 1. The molecular weight excluding hydrogens is 204 g/mol. The first kappa shape index (κ1) is 12.2. The lowest BCUT2D eigenvalue weighted by atomic mass is 10.1. The monoisotopic (exact) mass is 218 g/mol. The number of ether oxygens (including phenoxy) is 1. The molecule has 0 unspecified atom stereocenters. The van der Waals surface area contributed by atoms with Gasteiger partial charge in [-0.2, -0.15) is 5.26 Å². The topological polar surface area (TPSA) is 62.1 Å². The first-order valence-electron chi connectivity index (χ1n) is 5.03. The molecule has 1 aromatic rings. The zero-order valence-electron chi connectivity index (χ0n) is 9.19. The van der Waals surface area contributed by atoms with E-state index in [-0.39, 0.29) is 5.97 Å². The fourth-order valence-corrected chi connectivity index (χ4v) is 1.25. The van der Waals surface area contributed by atoms with Crippen LogP contribution in [0, 0.1) is 11.3 Å². The van der Waals surface area contributed by atoms with E-state index >= 15 is 0 Å². The van der Waals surface area contributed by atoms with Gasteiger partial charge in [-0.3, -0.25) is 0 Å². The second kappa shape index (κ2) is 6.59. The summed E-state index contributed by atoms with van der Waals surface area (Å²) in [5, 5.41) is 11.5. The van der Waals surface area contributed by atoms with E-state index in [1.54, 1.807) is 12.1 Å². The Bertz CT molecular complexity index is 379. The Morgan fingerprint density at radius 3 is 2.69 bits per heavy atom. The Hall–Kier alpha value is -1.86. The van der Waals surface area contributed by atoms with Gasteiger partial charge in [-0.05, 0) is 17.7 Å². The van der Waals surface area contributed by atoms with E-state index in [0.29, 0.717) is 25.1 Å². The smallest absolute Gasteiger partial charge is 0.337 e. The molecule has 16 heavy (non-hydrogen) atoms. The molecule has 0 saturated heterocycles. The first-order valence-corrected chi connectivity index (χ1v) is 5.03. The number of hydrogen-bond donors (Lipinski definition) is 1. The van der Waals surface area contributed by atoms with Crippen LogP contribution >= 0.6 is 0 Å². The van der Waals surface area contributed by atoms with Crippen molar-refractivity contribution in [3.8, 4) is 6.07 Å². The number of esters is 1. The lowest BCUT2D eigenvalue weighted by Gasteiger charge is -2.03. The molecule has 0 amide bonds. The summed E-state index contributed by atoms with van der Waals surface area (Å²) in [5.74, 6) is -0.330. The van der Waals surface area contributed by atoms with Gasteiger partial charge in [0.25, 0.3) is 0 Å². The predicted octanol–water partition coefficient (Wildman–Crippen LogP) is 1.48. The minimum atomic E-state index is -0.330. The summed E-state index contributed by atoms with van der Waals surface area (Å²) in [6, 6.07) is 9.25. The van der Waals surface area contributed by atoms with Crippen LogP contribution in [0.4, 0.5) is 0 Å². The lowest BCUT2D eigenvalue weighted by Crippen LogP contribution is -2.14. The average Bonchev–Trinajstić information content (AvgIpc) is 2.34. The molecule has 0 aliphatic rings. The number of nitriles is 1. The van der Waals surface area contributed by atoms with E-state index in [1.807, 2.05) is 12.1 Å². The molecule has 4 nitrogen and oxygen atoms in total. The van der Waals surface area contributed by atoms with Crippen LogP contribution in [0.2, 0.25) is 0 Å². The highest BCUT2D eigenvalue weighted by Gasteiger charge is 2.03. The van der Waals surface area contributed by atoms with Crippen LogP contribution in [0.15, 0.2) is 24.3 Å². The Morgan fingerprint density at radius 2 is 2.12 bits per heavy atom. The van der Waals surface area contributed by atoms with E-state index in [1.165, 1.54) is 7.11 Å². The number of nitrogens with zero attached hydrogens (tertiary/aromatic N) is 1. The first-order chi connectivity index (χ1) is 7.77. The van der Waals surface area contributed by atoms with Crippen molar-refractivity contribution in [2.75, 3.05) is 13.7 Å². The number of nitrogens with one attached hydrogen (secondary N) is 1. The second-order valence-electron chi connectivity index (χ2n) is 3.27. The zero-order valence-corrected chi connectivity index (χ0v) is 9.19. The Labute approximate surface area is 94.8 Å². The zero-order chi connectivity index (χ0) is 11.8. The van der Waals surface area contributed by atoms with Crippen LogP contribution in [0.5, 0.6) is 0 Å². The van der Waals surface area contributed by atoms with Crippen molar-refractivity contribution in [1.82, 2.24) is 5.32 Å². The van der Waals surface area contributed by atoms with Crippen molar-refractivity contribution >= 4 is 5.97 Å². The van der Waals surface area contributed by atoms with E-state index in [0.717, 1.165) is 5.56 Å². The maximum Gasteiger partial charge on any atom is 0.337 e. The summed E-state index contributed by atoms with van der Waals surface area (Å²) in [4.78, 5) is 11.2. The summed E-state index contributed by atoms with van der Waals surface area (Å²) < 4.78 is 4.60. The average molecular weight is 218 g/mol. The van der Waals surface area contributed by atoms with Crippen LogP contribution < -0.4 is 5.32 Å². The van der Waals surface area contributed by atoms with Gasteiger partial charge < -0.3 is 10.1 Å². The Morgan fingerprint density at radius 1 is 1.44 bits per heavy atom. The molecule has 0 saturated carbocycles. The minimum Gasteiger partial charge on any atom is -0.465 e. The molecule has 0 fully saturated rings. The predicted molar refractivity (Wildman–Crippen MR) is 59.7 cm³/mol. The maximum atomic E-state index is 11.2. The highest BCUT2D eigenvalue weighted by atomic mass is 16.5. The summed E-state index contributed by atoms with van der Waals surface area (Å²) in [7, 11) is 1.36. The van der Waals surface area contributed by atoms with Crippen molar-refractivity contribution in [3.63, 3.8) is 0 Å². The van der Waals surface area contributed by atoms with E-state index < -0.39 is 0 Å². The molecule has 4 heteroatoms. The van der Waals surface area contributed by atoms with E-state index in [2.05, 4.69) is 16.1 Å². The number of hydrogen-bond acceptors (Lipinski definition) is 4. The molecule has 0 bridgehead atoms. The quantitative estimate of drug-likeness (QED) is 0.600. The van der Waals surface area contributed by atoms with Crippen LogP contribution in [-0.2, 0) is 11.3 Å². The fraction of sp³-hybridized carbons (Fsp3) is 0.333. The number of benzene rings is 1. The molecule has 0 heterocycles. The Kier molecular flexibility index (Phi) is 5.03. The SMILES string of the molecule is COC(=O)c1ccc(CNCCC#N)cc1. The molecule has 0 aliphatic carbocycles. The molecule has 0 aliphatic heterocycles. The Balaban J connectivity index is 2.46. The number of methoxy groups -OCH3 is 1. The van der Waals surface area contributed by atoms with E-state index in [4.69, 9.17) is 5.26 Å². The van der Waals surface area contributed by atoms with Crippen LogP contribution in [0.1, 0.15) is 22.3 Å². The number of carbonyl (C=O) groups is 1. The van der Waals surface area contributed by atoms with Gasteiger partial charge in [0, 0.05) is 19.5 Å². The van der Waals surface area contributed by atoms with Gasteiger partial charge in [0.05, 0.1) is 18.7 Å². The lowest BCUT2D eigenvalue weighted by molar-refractivity contribution is 0.0600. The number of rotatable bonds is 5. The molecular formula is C12H14N2O2. The maximum absolute atomic E-state index is 11.2. The molecule has 84 valence electrons. The summed E-state index contributed by atoms with van der Waals surface area (Å²) >= 11 is 0. The molecule has 1 rings (SSSR count). The molecule has 0 aromatic heterocycles. The molecule has 1 N–H and O–H groups in total. The van der Waals surface area contributed by atoms with Crippen molar-refractivity contribution in [3.05, 3.63) is 35.4 Å². The summed E-state index contributed by atoms with van der Waals surface area (Å²) in [6.07, 6.45) is 0.500. The summed E-state index contributed by atoms with van der Waals surface area (Å²) in [6.45, 7) is 1.37. The minimum absolute atomic E-state index is 0.330. The van der Waals surface area contributed by atoms with Gasteiger partial charge >= 0.3 is 5.97 Å². The standard InChI is InChI=1S/C12H14N2O2/c1-16-12(15)11-5-3-10(4-6-11)9-14-8-2-7-13/h3-6,14H,2,8-9H2,1H3. The third kappa shape index (κ3) is 3.71. The summed E-state index contributed by atoms with van der Waals surface area (Å²) in [5.41, 5.74) is 1.62. The molecule has 0 spiro atoms. The largest absolute Gasteiger partial charge is 0.465 e. The third-order valence-corrected chi connectivity index (χ3v) is 2.12. The molecule has 0 radical (unpaired) electrons. The van der Waals surface area contributed by atoms with Gasteiger partial charge in [0.15, 0.2) is 0 Å². The van der Waals surface area contributed by atoms with Gasteiger partial charge in [0.2, 0.25) is 0 Å². The highest BCUT2D eigenvalue weighted by molar-refractivity contribution is 5.89. The second-order valence-corrected chi connectivity index (χ2v) is 3.27. The van der Waals surface area contributed by atoms with Gasteiger partial charge in [-0.25, -0.2) is 4.79 Å². The molecule has 1 aromatic carbocycles. The van der Waals surface area contributed by atoms with Crippen LogP contribution in [-0.4, -0.2) is 19.6 Å². The molecule has 0 atom stereocenters. The van der Waals surface area contributed by atoms with Crippen molar-refractivity contribution < 1.29 is 9.53 Å². The van der Waals surface area contributed by atoms with Crippen molar-refractivity contribution in [1.29, 1.82) is 5.26 Å². The van der Waals surface area contributed by atoms with Crippen LogP contribution in [0.25, 0.3) is 0 Å². The van der Waals surface area contributed by atoms with Crippen molar-refractivity contribution in [2.24, 2.45) is 0 Å².